The summed E-state index contributed by atoms with van der Waals surface area (Å²) in [7, 11) is 2.00. The van der Waals surface area contributed by atoms with Crippen LogP contribution in [0.15, 0.2) is 24.8 Å². The van der Waals surface area contributed by atoms with Crippen molar-refractivity contribution in [2.24, 2.45) is 5.92 Å². The molecule has 24 heavy (non-hydrogen) atoms. The number of halogens is 2. The van der Waals surface area contributed by atoms with Gasteiger partial charge >= 0.3 is 0 Å². The van der Waals surface area contributed by atoms with E-state index in [1.165, 1.54) is 0 Å². The minimum absolute atomic E-state index is 0.0561. The Balaban J connectivity index is 1.68. The Labute approximate surface area is 150 Å². The molecule has 2 aromatic rings. The summed E-state index contributed by atoms with van der Waals surface area (Å²) in [5, 5.41) is 3.95. The number of aromatic nitrogens is 2. The van der Waals surface area contributed by atoms with E-state index < -0.39 is 0 Å². The van der Waals surface area contributed by atoms with Crippen molar-refractivity contribution in [2.75, 3.05) is 13.6 Å². The molecule has 4 rings (SSSR count). The minimum atomic E-state index is -0.124. The lowest BCUT2D eigenvalue weighted by Gasteiger charge is -2.23. The zero-order valence-electron chi connectivity index (χ0n) is 13.3. The van der Waals surface area contributed by atoms with E-state index in [0.717, 1.165) is 29.8 Å². The predicted octanol–water partition coefficient (Wildman–Crippen LogP) is 3.02. The molecule has 0 saturated carbocycles. The summed E-state index contributed by atoms with van der Waals surface area (Å²) in [4.78, 5) is 19.3. The van der Waals surface area contributed by atoms with Crippen molar-refractivity contribution in [3.63, 3.8) is 0 Å². The van der Waals surface area contributed by atoms with Crippen LogP contribution in [0.2, 0.25) is 10.0 Å². The number of amides is 1. The first-order valence-electron chi connectivity index (χ1n) is 7.97. The third-order valence-corrected chi connectivity index (χ3v) is 5.85. The molecule has 126 valence electrons. The first-order chi connectivity index (χ1) is 11.5. The van der Waals surface area contributed by atoms with Gasteiger partial charge in [-0.3, -0.25) is 9.69 Å². The van der Waals surface area contributed by atoms with Gasteiger partial charge in [0.25, 0.3) is 0 Å². The summed E-state index contributed by atoms with van der Waals surface area (Å²) in [6.07, 6.45) is 2.52. The molecule has 1 saturated heterocycles. The molecule has 2 aliphatic heterocycles. The van der Waals surface area contributed by atoms with Gasteiger partial charge in [0.15, 0.2) is 0 Å². The lowest BCUT2D eigenvalue weighted by molar-refractivity contribution is -0.125. The highest BCUT2D eigenvalue weighted by Crippen LogP contribution is 2.46. The molecule has 5 nitrogen and oxygen atoms in total. The normalized spacial score (nSPS) is 25.7. The zero-order valence-corrected chi connectivity index (χ0v) is 14.8. The van der Waals surface area contributed by atoms with Crippen LogP contribution in [-0.4, -0.2) is 40.0 Å². The highest BCUT2D eigenvalue weighted by atomic mass is 35.5. The molecule has 0 aliphatic carbocycles. The fourth-order valence-electron chi connectivity index (χ4n) is 4.05. The number of nitrogens with zero attached hydrogens (tertiary/aromatic N) is 3. The van der Waals surface area contributed by atoms with Gasteiger partial charge in [-0.15, -0.1) is 6.58 Å². The molecule has 2 aliphatic rings. The number of carbonyl (C=O) groups excluding carboxylic acids is 1. The topological polar surface area (TPSA) is 50.2 Å². The van der Waals surface area contributed by atoms with Crippen LogP contribution in [-0.2, 0) is 11.3 Å². The van der Waals surface area contributed by atoms with E-state index in [-0.39, 0.29) is 18.0 Å². The van der Waals surface area contributed by atoms with E-state index in [4.69, 9.17) is 28.2 Å². The van der Waals surface area contributed by atoms with Crippen molar-refractivity contribution < 1.29 is 4.79 Å². The molecule has 3 heterocycles. The molecule has 3 unspecified atom stereocenters. The van der Waals surface area contributed by atoms with Crippen LogP contribution < -0.4 is 5.32 Å². The number of rotatable bonds is 3. The predicted molar refractivity (Wildman–Crippen MR) is 95.4 cm³/mol. The molecule has 1 N–H and O–H groups in total. The minimum Gasteiger partial charge on any atom is -0.351 e. The maximum Gasteiger partial charge on any atom is 0.237 e. The Bertz CT molecular complexity index is 847. The van der Waals surface area contributed by atoms with Crippen molar-refractivity contribution in [1.82, 2.24) is 19.8 Å². The van der Waals surface area contributed by atoms with E-state index >= 15 is 0 Å². The molecule has 1 fully saturated rings. The van der Waals surface area contributed by atoms with E-state index in [1.807, 2.05) is 19.2 Å². The molecule has 0 spiro atoms. The largest absolute Gasteiger partial charge is 0.351 e. The van der Waals surface area contributed by atoms with Gasteiger partial charge in [-0.05, 0) is 25.6 Å². The number of benzene rings is 1. The van der Waals surface area contributed by atoms with Crippen LogP contribution in [0.5, 0.6) is 0 Å². The average molecular weight is 365 g/mol. The molecule has 1 aromatic carbocycles. The van der Waals surface area contributed by atoms with Crippen LogP contribution in [0.3, 0.4) is 0 Å². The van der Waals surface area contributed by atoms with Crippen molar-refractivity contribution in [1.29, 1.82) is 0 Å². The summed E-state index contributed by atoms with van der Waals surface area (Å²) in [5.74, 6) is 1.44. The molecule has 0 bridgehead atoms. The van der Waals surface area contributed by atoms with E-state index in [2.05, 4.69) is 21.4 Å². The quantitative estimate of drug-likeness (QED) is 0.851. The van der Waals surface area contributed by atoms with Crippen LogP contribution in [0.4, 0.5) is 0 Å². The standard InChI is InChI=1S/C17H18Cl2N4O/c1-3-4-20-17(24)14-5-9-8-23-13-7-11(19)10(18)6-12(13)21-16(23)15(9)22(14)2/h3,6-7,9,14-15H,1,4-5,8H2,2H3,(H,20,24). The van der Waals surface area contributed by atoms with Gasteiger partial charge < -0.3 is 9.88 Å². The van der Waals surface area contributed by atoms with Crippen LogP contribution in [0, 0.1) is 5.92 Å². The fraction of sp³-hybridized carbons (Fsp3) is 0.412. The van der Waals surface area contributed by atoms with Crippen molar-refractivity contribution in [3.05, 3.63) is 40.7 Å². The maximum atomic E-state index is 12.4. The van der Waals surface area contributed by atoms with Gasteiger partial charge in [0.2, 0.25) is 5.91 Å². The average Bonchev–Trinajstić information content (AvgIpc) is 3.16. The monoisotopic (exact) mass is 364 g/mol. The molecule has 0 radical (unpaired) electrons. The highest BCUT2D eigenvalue weighted by Gasteiger charge is 2.48. The van der Waals surface area contributed by atoms with Crippen LogP contribution in [0.25, 0.3) is 11.0 Å². The third kappa shape index (κ3) is 2.26. The number of hydrogen-bond donors (Lipinski definition) is 1. The SMILES string of the molecule is C=CCNC(=O)C1CC2Cn3c(nc4cc(Cl)c(Cl)cc43)C2N1C. The molecule has 3 atom stereocenters. The first-order valence-corrected chi connectivity index (χ1v) is 8.72. The Kier molecular flexibility index (Phi) is 3.82. The Morgan fingerprint density at radius 1 is 1.46 bits per heavy atom. The van der Waals surface area contributed by atoms with Gasteiger partial charge in [-0.2, -0.15) is 0 Å². The number of hydrogen-bond acceptors (Lipinski definition) is 3. The molecular weight excluding hydrogens is 347 g/mol. The third-order valence-electron chi connectivity index (χ3n) is 5.13. The second-order valence-corrected chi connectivity index (χ2v) is 7.31. The summed E-state index contributed by atoms with van der Waals surface area (Å²) in [6.45, 7) is 4.99. The van der Waals surface area contributed by atoms with Gasteiger partial charge in [0.05, 0.1) is 33.2 Å². The second kappa shape index (κ2) is 5.76. The maximum absolute atomic E-state index is 12.4. The number of fused-ring (bicyclic) bond motifs is 5. The summed E-state index contributed by atoms with van der Waals surface area (Å²) in [5.41, 5.74) is 1.86. The Morgan fingerprint density at radius 3 is 2.96 bits per heavy atom. The lowest BCUT2D eigenvalue weighted by Crippen LogP contribution is -2.42. The van der Waals surface area contributed by atoms with Crippen molar-refractivity contribution in [2.45, 2.75) is 25.0 Å². The van der Waals surface area contributed by atoms with E-state index in [1.54, 1.807) is 6.08 Å². The van der Waals surface area contributed by atoms with Crippen LogP contribution in [0.1, 0.15) is 18.3 Å². The van der Waals surface area contributed by atoms with Gasteiger partial charge in [0, 0.05) is 19.0 Å². The number of likely N-dealkylation sites (tertiary alicyclic amines) is 1. The smallest absolute Gasteiger partial charge is 0.237 e. The Morgan fingerprint density at radius 2 is 2.21 bits per heavy atom. The van der Waals surface area contributed by atoms with Gasteiger partial charge in [-0.1, -0.05) is 29.3 Å². The molecule has 7 heteroatoms. The lowest BCUT2D eigenvalue weighted by atomic mass is 10.0. The van der Waals surface area contributed by atoms with Gasteiger partial charge in [-0.25, -0.2) is 4.98 Å². The zero-order chi connectivity index (χ0) is 17.0. The van der Waals surface area contributed by atoms with Crippen molar-refractivity contribution in [3.8, 4) is 0 Å². The Hall–Kier alpha value is -1.56. The number of nitrogens with one attached hydrogen (secondary N) is 1. The fourth-order valence-corrected chi connectivity index (χ4v) is 4.36. The van der Waals surface area contributed by atoms with E-state index in [9.17, 15) is 4.79 Å². The number of carbonyl (C=O) groups is 1. The summed E-state index contributed by atoms with van der Waals surface area (Å²) >= 11 is 12.3. The number of imidazole rings is 1. The summed E-state index contributed by atoms with van der Waals surface area (Å²) in [6, 6.07) is 3.71. The van der Waals surface area contributed by atoms with E-state index in [0.29, 0.717) is 22.5 Å². The molecule has 1 amide bonds. The van der Waals surface area contributed by atoms with Crippen molar-refractivity contribution >= 4 is 40.1 Å². The van der Waals surface area contributed by atoms with Gasteiger partial charge in [0.1, 0.15) is 5.82 Å². The summed E-state index contributed by atoms with van der Waals surface area (Å²) < 4.78 is 2.21. The number of likely N-dealkylation sites (N-methyl/N-ethyl adjacent to an activating group) is 1. The molecule has 1 aromatic heterocycles. The molecular formula is C17H18Cl2N4O. The second-order valence-electron chi connectivity index (χ2n) is 6.49. The first kappa shape index (κ1) is 15.9. The van der Waals surface area contributed by atoms with Crippen LogP contribution >= 0.6 is 23.2 Å². The highest BCUT2D eigenvalue weighted by molar-refractivity contribution is 6.42.